The van der Waals surface area contributed by atoms with E-state index in [1.165, 1.54) is 5.56 Å². The van der Waals surface area contributed by atoms with Gasteiger partial charge in [0.25, 0.3) is 0 Å². The summed E-state index contributed by atoms with van der Waals surface area (Å²) < 4.78 is 0. The molecule has 1 radical (unpaired) electrons. The second-order valence-electron chi connectivity index (χ2n) is 3.27. The highest BCUT2D eigenvalue weighted by molar-refractivity contribution is 5.56. The van der Waals surface area contributed by atoms with Crippen molar-refractivity contribution in [3.63, 3.8) is 0 Å². The van der Waals surface area contributed by atoms with Gasteiger partial charge < -0.3 is 11.5 Å². The molecule has 0 saturated heterocycles. The molecule has 13 heavy (non-hydrogen) atoms. The predicted octanol–water partition coefficient (Wildman–Crippen LogP) is 2.40. The molecule has 2 heteroatoms. The number of hydrogen-bond acceptors (Lipinski definition) is 2. The number of benzene rings is 1. The minimum Gasteiger partial charge on any atom is -0.399 e. The summed E-state index contributed by atoms with van der Waals surface area (Å²) in [6.07, 6.45) is 4.33. The van der Waals surface area contributed by atoms with E-state index in [2.05, 4.69) is 6.92 Å². The fourth-order valence-electron chi connectivity index (χ4n) is 1.33. The first-order valence-electron chi connectivity index (χ1n) is 4.67. The third kappa shape index (κ3) is 2.98. The number of hydrogen-bond donors (Lipinski definition) is 2. The normalized spacial score (nSPS) is 10.2. The lowest BCUT2D eigenvalue weighted by atomic mass is 10.1. The second-order valence-corrected chi connectivity index (χ2v) is 3.27. The fourth-order valence-corrected chi connectivity index (χ4v) is 1.33. The molecule has 0 saturated carbocycles. The van der Waals surface area contributed by atoms with Gasteiger partial charge in [-0.2, -0.15) is 0 Å². The van der Waals surface area contributed by atoms with Gasteiger partial charge in [-0.3, -0.25) is 0 Å². The Hall–Kier alpha value is -1.18. The van der Waals surface area contributed by atoms with Crippen LogP contribution in [0, 0.1) is 6.92 Å². The minimum atomic E-state index is 0.735. The van der Waals surface area contributed by atoms with E-state index < -0.39 is 0 Å². The zero-order chi connectivity index (χ0) is 9.68. The maximum atomic E-state index is 5.81. The van der Waals surface area contributed by atoms with Crippen molar-refractivity contribution in [2.75, 3.05) is 11.5 Å². The number of nitrogens with two attached hydrogens (primary N) is 2. The SMILES string of the molecule is [CH2]CCCCc1ccc(N)cc1N. The topological polar surface area (TPSA) is 52.0 Å². The van der Waals surface area contributed by atoms with Gasteiger partial charge in [0.15, 0.2) is 0 Å². The predicted molar refractivity (Wildman–Crippen MR) is 58.2 cm³/mol. The number of nitrogen functional groups attached to an aromatic ring is 2. The van der Waals surface area contributed by atoms with Crippen molar-refractivity contribution in [2.24, 2.45) is 0 Å². The molecule has 0 aliphatic carbocycles. The molecule has 0 aromatic heterocycles. The monoisotopic (exact) mass is 177 g/mol. The van der Waals surface area contributed by atoms with Crippen LogP contribution in [0.15, 0.2) is 18.2 Å². The van der Waals surface area contributed by atoms with Crippen molar-refractivity contribution in [1.29, 1.82) is 0 Å². The van der Waals surface area contributed by atoms with Crippen LogP contribution in [0.25, 0.3) is 0 Å². The Bertz CT molecular complexity index is 269. The van der Waals surface area contributed by atoms with Crippen LogP contribution < -0.4 is 11.5 Å². The molecular weight excluding hydrogens is 160 g/mol. The molecule has 4 N–H and O–H groups in total. The molecule has 1 aromatic carbocycles. The van der Waals surface area contributed by atoms with Crippen LogP contribution in [-0.4, -0.2) is 0 Å². The zero-order valence-electron chi connectivity index (χ0n) is 7.92. The first kappa shape index (κ1) is 9.90. The van der Waals surface area contributed by atoms with Crippen molar-refractivity contribution >= 4 is 11.4 Å². The fraction of sp³-hybridized carbons (Fsp3) is 0.364. The Labute approximate surface area is 79.9 Å². The van der Waals surface area contributed by atoms with Crippen LogP contribution >= 0.6 is 0 Å². The van der Waals surface area contributed by atoms with Crippen molar-refractivity contribution in [3.8, 4) is 0 Å². The molecule has 0 bridgehead atoms. The highest BCUT2D eigenvalue weighted by Crippen LogP contribution is 2.17. The summed E-state index contributed by atoms with van der Waals surface area (Å²) in [6, 6.07) is 5.73. The van der Waals surface area contributed by atoms with E-state index in [9.17, 15) is 0 Å². The van der Waals surface area contributed by atoms with Crippen LogP contribution in [-0.2, 0) is 6.42 Å². The van der Waals surface area contributed by atoms with E-state index in [1.807, 2.05) is 18.2 Å². The van der Waals surface area contributed by atoms with Gasteiger partial charge in [0.05, 0.1) is 0 Å². The molecular formula is C11H17N2. The first-order chi connectivity index (χ1) is 6.24. The first-order valence-corrected chi connectivity index (χ1v) is 4.67. The quantitative estimate of drug-likeness (QED) is 0.548. The molecule has 0 spiro atoms. The summed E-state index contributed by atoms with van der Waals surface area (Å²) in [7, 11) is 0. The Morgan fingerprint density at radius 1 is 1.15 bits per heavy atom. The van der Waals surface area contributed by atoms with Gasteiger partial charge in [0, 0.05) is 11.4 Å². The van der Waals surface area contributed by atoms with E-state index in [0.717, 1.165) is 37.1 Å². The van der Waals surface area contributed by atoms with Gasteiger partial charge in [-0.05, 0) is 30.5 Å². The van der Waals surface area contributed by atoms with Gasteiger partial charge in [-0.25, -0.2) is 0 Å². The standard InChI is InChI=1S/C11H17N2/c1-2-3-4-5-9-6-7-10(12)8-11(9)13/h6-8H,1-5,12-13H2. The Morgan fingerprint density at radius 3 is 2.54 bits per heavy atom. The smallest absolute Gasteiger partial charge is 0.0367 e. The van der Waals surface area contributed by atoms with Crippen LogP contribution in [0.2, 0.25) is 0 Å². The summed E-state index contributed by atoms with van der Waals surface area (Å²) in [5.41, 5.74) is 14.1. The highest BCUT2D eigenvalue weighted by atomic mass is 14.6. The van der Waals surface area contributed by atoms with Gasteiger partial charge in [0.2, 0.25) is 0 Å². The molecule has 71 valence electrons. The molecule has 0 atom stereocenters. The molecule has 0 aliphatic heterocycles. The van der Waals surface area contributed by atoms with E-state index >= 15 is 0 Å². The summed E-state index contributed by atoms with van der Waals surface area (Å²) in [4.78, 5) is 0. The third-order valence-electron chi connectivity index (χ3n) is 2.12. The number of aryl methyl sites for hydroxylation is 1. The van der Waals surface area contributed by atoms with E-state index in [4.69, 9.17) is 11.5 Å². The van der Waals surface area contributed by atoms with Gasteiger partial charge in [0.1, 0.15) is 0 Å². The molecule has 2 nitrogen and oxygen atoms in total. The van der Waals surface area contributed by atoms with Crippen molar-refractivity contribution in [2.45, 2.75) is 25.7 Å². The molecule has 1 rings (SSSR count). The summed E-state index contributed by atoms with van der Waals surface area (Å²) in [5.74, 6) is 0. The van der Waals surface area contributed by atoms with E-state index in [0.29, 0.717) is 0 Å². The molecule has 0 unspecified atom stereocenters. The van der Waals surface area contributed by atoms with Crippen molar-refractivity contribution in [3.05, 3.63) is 30.7 Å². The largest absolute Gasteiger partial charge is 0.399 e. The lowest BCUT2D eigenvalue weighted by Crippen LogP contribution is -1.96. The molecule has 0 fully saturated rings. The lowest BCUT2D eigenvalue weighted by Gasteiger charge is -2.05. The van der Waals surface area contributed by atoms with Gasteiger partial charge in [-0.15, -0.1) is 0 Å². The summed E-state index contributed by atoms with van der Waals surface area (Å²) in [6.45, 7) is 3.80. The van der Waals surface area contributed by atoms with Crippen molar-refractivity contribution in [1.82, 2.24) is 0 Å². The van der Waals surface area contributed by atoms with Crippen LogP contribution in [0.4, 0.5) is 11.4 Å². The molecule has 0 aliphatic rings. The molecule has 0 heterocycles. The number of rotatable bonds is 4. The third-order valence-corrected chi connectivity index (χ3v) is 2.12. The Balaban J connectivity index is 2.56. The van der Waals surface area contributed by atoms with Crippen LogP contribution in [0.3, 0.4) is 0 Å². The average molecular weight is 177 g/mol. The highest BCUT2D eigenvalue weighted by Gasteiger charge is 1.98. The lowest BCUT2D eigenvalue weighted by molar-refractivity contribution is 0.747. The Morgan fingerprint density at radius 2 is 1.92 bits per heavy atom. The van der Waals surface area contributed by atoms with Crippen LogP contribution in [0.1, 0.15) is 24.8 Å². The van der Waals surface area contributed by atoms with Crippen molar-refractivity contribution < 1.29 is 0 Å². The molecule has 1 aromatic rings. The van der Waals surface area contributed by atoms with Gasteiger partial charge in [-0.1, -0.05) is 25.8 Å². The Kier molecular flexibility index (Phi) is 3.62. The number of unbranched alkanes of at least 4 members (excludes halogenated alkanes) is 2. The van der Waals surface area contributed by atoms with Crippen LogP contribution in [0.5, 0.6) is 0 Å². The van der Waals surface area contributed by atoms with Gasteiger partial charge >= 0.3 is 0 Å². The molecule has 0 amide bonds. The zero-order valence-corrected chi connectivity index (χ0v) is 7.92. The summed E-state index contributed by atoms with van der Waals surface area (Å²) in [5, 5.41) is 0. The summed E-state index contributed by atoms with van der Waals surface area (Å²) >= 11 is 0. The minimum absolute atomic E-state index is 0.735. The average Bonchev–Trinajstić information content (AvgIpc) is 2.09. The van der Waals surface area contributed by atoms with E-state index in [1.54, 1.807) is 0 Å². The second kappa shape index (κ2) is 4.75. The maximum absolute atomic E-state index is 5.81. The maximum Gasteiger partial charge on any atom is 0.0367 e. The number of anilines is 2. The van der Waals surface area contributed by atoms with E-state index in [-0.39, 0.29) is 0 Å².